The van der Waals surface area contributed by atoms with Crippen molar-refractivity contribution in [1.82, 2.24) is 39.6 Å². The van der Waals surface area contributed by atoms with E-state index in [0.717, 1.165) is 24.1 Å². The summed E-state index contributed by atoms with van der Waals surface area (Å²) in [6.45, 7) is 1.60. The lowest BCUT2D eigenvalue weighted by atomic mass is 9.91. The number of benzene rings is 1. The van der Waals surface area contributed by atoms with Gasteiger partial charge in [0.05, 0.1) is 37.1 Å². The van der Waals surface area contributed by atoms with Gasteiger partial charge in [0.1, 0.15) is 0 Å². The molecule has 11 nitrogen and oxygen atoms in total. The Labute approximate surface area is 193 Å². The zero-order chi connectivity index (χ0) is 22.9. The predicted molar refractivity (Wildman–Crippen MR) is 121 cm³/mol. The van der Waals surface area contributed by atoms with Crippen molar-refractivity contribution >= 4 is 28.7 Å². The summed E-state index contributed by atoms with van der Waals surface area (Å²) in [7, 11) is 1.38. The minimum Gasteiger partial charge on any atom is -0.453 e. The number of ether oxygens (including phenoxy) is 1. The van der Waals surface area contributed by atoms with Gasteiger partial charge in [0.2, 0.25) is 5.95 Å². The maximum atomic E-state index is 13.5. The van der Waals surface area contributed by atoms with E-state index in [1.807, 2.05) is 0 Å². The van der Waals surface area contributed by atoms with Crippen molar-refractivity contribution in [2.45, 2.75) is 31.7 Å². The van der Waals surface area contributed by atoms with E-state index in [-0.39, 0.29) is 17.6 Å². The maximum absolute atomic E-state index is 13.5. The molecule has 1 aliphatic heterocycles. The standard InChI is InChI=1S/C21H23ClN8O3/c1-33-21(32)28-9-4-13(5-10-28)18-15(6-11-29-23-7-8-24-29)19(31)30(27-18)20-25-16-3-2-14(22)12-17(16)26-20/h2-3,7-8,12-13,27H,4-6,9-11H2,1H3,(H,25,26). The molecule has 0 radical (unpaired) electrons. The van der Waals surface area contributed by atoms with Crippen molar-refractivity contribution in [3.63, 3.8) is 0 Å². The smallest absolute Gasteiger partial charge is 0.409 e. The highest BCUT2D eigenvalue weighted by atomic mass is 35.5. The lowest BCUT2D eigenvalue weighted by Crippen LogP contribution is -2.38. The van der Waals surface area contributed by atoms with E-state index in [2.05, 4.69) is 25.3 Å². The molecule has 0 bridgehead atoms. The Balaban J connectivity index is 1.49. The fraction of sp³-hybridized carbons (Fsp3) is 0.381. The minimum absolute atomic E-state index is 0.0965. The second-order valence-corrected chi connectivity index (χ2v) is 8.41. The first-order chi connectivity index (χ1) is 16.0. The summed E-state index contributed by atoms with van der Waals surface area (Å²) in [4.78, 5) is 36.3. The number of halogens is 1. The molecule has 1 amide bonds. The van der Waals surface area contributed by atoms with Crippen LogP contribution in [0.25, 0.3) is 17.0 Å². The Morgan fingerprint density at radius 2 is 2.00 bits per heavy atom. The van der Waals surface area contributed by atoms with Gasteiger partial charge in [0.15, 0.2) is 0 Å². The Morgan fingerprint density at radius 1 is 1.24 bits per heavy atom. The van der Waals surface area contributed by atoms with E-state index in [0.29, 0.717) is 48.1 Å². The van der Waals surface area contributed by atoms with Gasteiger partial charge >= 0.3 is 6.09 Å². The number of methoxy groups -OCH3 is 1. The summed E-state index contributed by atoms with van der Waals surface area (Å²) in [6, 6.07) is 5.34. The van der Waals surface area contributed by atoms with Crippen LogP contribution in [0.5, 0.6) is 0 Å². The molecule has 4 aromatic rings. The van der Waals surface area contributed by atoms with E-state index in [1.54, 1.807) is 40.3 Å². The Hall–Kier alpha value is -3.60. The van der Waals surface area contributed by atoms with E-state index >= 15 is 0 Å². The third-order valence-electron chi connectivity index (χ3n) is 6.03. The molecule has 1 saturated heterocycles. The first-order valence-electron chi connectivity index (χ1n) is 10.7. The number of aromatic nitrogens is 7. The molecular formula is C21H23ClN8O3. The number of aryl methyl sites for hydroxylation is 1. The first-order valence-corrected chi connectivity index (χ1v) is 11.1. The number of aromatic amines is 2. The van der Waals surface area contributed by atoms with E-state index in [1.165, 1.54) is 11.8 Å². The van der Waals surface area contributed by atoms with Gasteiger partial charge in [-0.25, -0.2) is 9.78 Å². The van der Waals surface area contributed by atoms with Crippen molar-refractivity contribution in [1.29, 1.82) is 0 Å². The summed E-state index contributed by atoms with van der Waals surface area (Å²) in [5, 5.41) is 12.2. The van der Waals surface area contributed by atoms with Gasteiger partial charge in [-0.15, -0.1) is 0 Å². The number of rotatable bonds is 5. The largest absolute Gasteiger partial charge is 0.453 e. The van der Waals surface area contributed by atoms with Gasteiger partial charge in [-0.3, -0.25) is 9.89 Å². The van der Waals surface area contributed by atoms with E-state index in [4.69, 9.17) is 16.3 Å². The molecule has 0 aliphatic carbocycles. The Kier molecular flexibility index (Phi) is 5.63. The quantitative estimate of drug-likeness (QED) is 0.461. The molecule has 5 rings (SSSR count). The SMILES string of the molecule is COC(=O)N1CCC(c2[nH]n(-c3nc4ccc(Cl)cc4[nH]3)c(=O)c2CCn2nccn2)CC1. The van der Waals surface area contributed by atoms with Crippen LogP contribution in [-0.2, 0) is 17.7 Å². The number of hydrogen-bond acceptors (Lipinski definition) is 6. The summed E-state index contributed by atoms with van der Waals surface area (Å²) in [6.07, 6.45) is 4.80. The number of fused-ring (bicyclic) bond motifs is 1. The topological polar surface area (TPSA) is 127 Å². The monoisotopic (exact) mass is 470 g/mol. The van der Waals surface area contributed by atoms with Gasteiger partial charge in [0.25, 0.3) is 5.56 Å². The molecule has 2 N–H and O–H groups in total. The molecule has 1 aliphatic rings. The second-order valence-electron chi connectivity index (χ2n) is 7.97. The number of nitrogens with zero attached hydrogens (tertiary/aromatic N) is 6. The molecule has 0 atom stereocenters. The number of hydrogen-bond donors (Lipinski definition) is 2. The van der Waals surface area contributed by atoms with Crippen molar-refractivity contribution in [2.75, 3.05) is 20.2 Å². The molecule has 0 saturated carbocycles. The second kappa shape index (κ2) is 8.74. The van der Waals surface area contributed by atoms with E-state index < -0.39 is 0 Å². The number of imidazole rings is 1. The molecule has 12 heteroatoms. The highest BCUT2D eigenvalue weighted by Crippen LogP contribution is 2.29. The lowest BCUT2D eigenvalue weighted by Gasteiger charge is -2.30. The normalized spacial score (nSPS) is 14.8. The first kappa shape index (κ1) is 21.3. The minimum atomic E-state index is -0.328. The molecule has 33 heavy (non-hydrogen) atoms. The van der Waals surface area contributed by atoms with Crippen molar-refractivity contribution in [3.8, 4) is 5.95 Å². The van der Waals surface area contributed by atoms with Crippen LogP contribution in [0.3, 0.4) is 0 Å². The van der Waals surface area contributed by atoms with Crippen molar-refractivity contribution in [2.24, 2.45) is 0 Å². The van der Waals surface area contributed by atoms with Crippen LogP contribution in [0.1, 0.15) is 30.0 Å². The van der Waals surface area contributed by atoms with Crippen LogP contribution in [-0.4, -0.2) is 65.9 Å². The zero-order valence-corrected chi connectivity index (χ0v) is 18.7. The summed E-state index contributed by atoms with van der Waals surface area (Å²) in [5.74, 6) is 0.494. The summed E-state index contributed by atoms with van der Waals surface area (Å²) < 4.78 is 6.29. The molecule has 3 aromatic heterocycles. The number of carbonyl (C=O) groups excluding carboxylic acids is 1. The number of piperidine rings is 1. The number of likely N-dealkylation sites (tertiary alicyclic amines) is 1. The highest BCUT2D eigenvalue weighted by Gasteiger charge is 2.29. The van der Waals surface area contributed by atoms with Crippen LogP contribution < -0.4 is 5.56 Å². The predicted octanol–water partition coefficient (Wildman–Crippen LogP) is 2.48. The number of nitrogens with one attached hydrogen (secondary N) is 2. The number of H-pyrrole nitrogens is 2. The third-order valence-corrected chi connectivity index (χ3v) is 6.26. The van der Waals surface area contributed by atoms with Crippen LogP contribution >= 0.6 is 11.6 Å². The molecule has 1 aromatic carbocycles. The molecule has 4 heterocycles. The molecule has 172 valence electrons. The van der Waals surface area contributed by atoms with Crippen LogP contribution in [0.2, 0.25) is 5.02 Å². The fourth-order valence-electron chi connectivity index (χ4n) is 4.34. The number of carbonyl (C=O) groups is 1. The maximum Gasteiger partial charge on any atom is 0.409 e. The molecular weight excluding hydrogens is 448 g/mol. The van der Waals surface area contributed by atoms with Gasteiger partial charge in [-0.1, -0.05) is 11.6 Å². The van der Waals surface area contributed by atoms with Gasteiger partial charge in [-0.2, -0.15) is 19.7 Å². The van der Waals surface area contributed by atoms with Gasteiger partial charge in [-0.05, 0) is 31.0 Å². The third kappa shape index (κ3) is 4.11. The van der Waals surface area contributed by atoms with Gasteiger partial charge < -0.3 is 14.6 Å². The van der Waals surface area contributed by atoms with Crippen molar-refractivity contribution in [3.05, 3.63) is 57.2 Å². The fourth-order valence-corrected chi connectivity index (χ4v) is 4.51. The molecule has 0 spiro atoms. The lowest BCUT2D eigenvalue weighted by molar-refractivity contribution is 0.112. The zero-order valence-electron chi connectivity index (χ0n) is 18.0. The average molecular weight is 471 g/mol. The van der Waals surface area contributed by atoms with Crippen LogP contribution in [0.4, 0.5) is 4.79 Å². The molecule has 1 fully saturated rings. The average Bonchev–Trinajstić information content (AvgIpc) is 3.56. The highest BCUT2D eigenvalue weighted by molar-refractivity contribution is 6.31. The van der Waals surface area contributed by atoms with Crippen molar-refractivity contribution < 1.29 is 9.53 Å². The van der Waals surface area contributed by atoms with Gasteiger partial charge in [0, 0.05) is 41.7 Å². The molecule has 0 unspecified atom stereocenters. The van der Waals surface area contributed by atoms with E-state index in [9.17, 15) is 9.59 Å². The number of amides is 1. The summed E-state index contributed by atoms with van der Waals surface area (Å²) >= 11 is 6.10. The Morgan fingerprint density at radius 3 is 2.73 bits per heavy atom. The van der Waals surface area contributed by atoms with Crippen LogP contribution in [0, 0.1) is 0 Å². The Bertz CT molecular complexity index is 1330. The van der Waals surface area contributed by atoms with Crippen LogP contribution in [0.15, 0.2) is 35.4 Å². The summed E-state index contributed by atoms with van der Waals surface area (Å²) in [5.41, 5.74) is 2.82.